The highest BCUT2D eigenvalue weighted by molar-refractivity contribution is 6.32. The van der Waals surface area contributed by atoms with Gasteiger partial charge in [0.1, 0.15) is 0 Å². The van der Waals surface area contributed by atoms with Gasteiger partial charge in [-0.1, -0.05) is 48.0 Å². The lowest BCUT2D eigenvalue weighted by Gasteiger charge is -2.10. The van der Waals surface area contributed by atoms with E-state index in [0.29, 0.717) is 22.0 Å². The molecule has 0 radical (unpaired) electrons. The van der Waals surface area contributed by atoms with Crippen molar-refractivity contribution in [3.63, 3.8) is 0 Å². The van der Waals surface area contributed by atoms with Crippen LogP contribution in [-0.4, -0.2) is 22.4 Å². The molecule has 0 aliphatic rings. The number of hydrogen-bond acceptors (Lipinski definition) is 3. The third-order valence-electron chi connectivity index (χ3n) is 3.94. The molecular formula is C20H16ClN3O2. The van der Waals surface area contributed by atoms with Crippen molar-refractivity contribution >= 4 is 23.3 Å². The minimum atomic E-state index is -0.477. The molecule has 0 aliphatic carbocycles. The fraction of sp³-hybridized carbons (Fsp3) is 0.150. The maximum absolute atomic E-state index is 12.3. The van der Waals surface area contributed by atoms with Crippen molar-refractivity contribution in [2.45, 2.75) is 13.8 Å². The standard InChI is InChI=1S/C20H16ClN3O2/c1-4-26-20(25)18-13(2)19(14-9-11-15(22-3)12-10-14)24(23-18)17-8-6-5-7-16(17)21/h5-12H,4H2,1-2H3. The molecule has 0 saturated heterocycles. The lowest BCUT2D eigenvalue weighted by atomic mass is 10.1. The minimum Gasteiger partial charge on any atom is -0.461 e. The second-order valence-corrected chi connectivity index (χ2v) is 5.97. The molecule has 0 amide bonds. The van der Waals surface area contributed by atoms with Crippen molar-refractivity contribution in [1.29, 1.82) is 0 Å². The number of benzene rings is 2. The van der Waals surface area contributed by atoms with E-state index in [2.05, 4.69) is 9.94 Å². The van der Waals surface area contributed by atoms with Crippen molar-refractivity contribution in [1.82, 2.24) is 9.78 Å². The summed E-state index contributed by atoms with van der Waals surface area (Å²) in [4.78, 5) is 15.7. The van der Waals surface area contributed by atoms with Gasteiger partial charge in [0, 0.05) is 5.56 Å². The summed E-state index contributed by atoms with van der Waals surface area (Å²) < 4.78 is 6.78. The van der Waals surface area contributed by atoms with E-state index in [1.165, 1.54) is 0 Å². The molecule has 1 aromatic heterocycles. The zero-order valence-corrected chi connectivity index (χ0v) is 15.1. The van der Waals surface area contributed by atoms with E-state index in [1.54, 1.807) is 29.8 Å². The van der Waals surface area contributed by atoms with Crippen LogP contribution in [0.15, 0.2) is 48.5 Å². The Labute approximate surface area is 156 Å². The molecule has 5 nitrogen and oxygen atoms in total. The number of aromatic nitrogens is 2. The predicted octanol–water partition coefficient (Wildman–Crippen LogP) is 5.23. The van der Waals surface area contributed by atoms with E-state index < -0.39 is 5.97 Å². The molecule has 26 heavy (non-hydrogen) atoms. The van der Waals surface area contributed by atoms with Crippen LogP contribution in [0.1, 0.15) is 23.0 Å². The topological polar surface area (TPSA) is 48.5 Å². The predicted molar refractivity (Wildman–Crippen MR) is 101 cm³/mol. The maximum Gasteiger partial charge on any atom is 0.359 e. The molecule has 0 N–H and O–H groups in total. The molecule has 130 valence electrons. The summed E-state index contributed by atoms with van der Waals surface area (Å²) >= 11 is 6.35. The Morgan fingerprint density at radius 3 is 2.54 bits per heavy atom. The minimum absolute atomic E-state index is 0.246. The van der Waals surface area contributed by atoms with Crippen LogP contribution < -0.4 is 0 Å². The van der Waals surface area contributed by atoms with Crippen LogP contribution in [0.4, 0.5) is 5.69 Å². The quantitative estimate of drug-likeness (QED) is 0.470. The number of esters is 1. The summed E-state index contributed by atoms with van der Waals surface area (Å²) in [6.45, 7) is 10.9. The molecule has 0 spiro atoms. The van der Waals surface area contributed by atoms with Gasteiger partial charge in [-0.2, -0.15) is 5.10 Å². The van der Waals surface area contributed by atoms with Crippen molar-refractivity contribution in [2.24, 2.45) is 0 Å². The summed E-state index contributed by atoms with van der Waals surface area (Å²) in [7, 11) is 0. The molecule has 2 aromatic carbocycles. The summed E-state index contributed by atoms with van der Waals surface area (Å²) in [5, 5.41) is 4.99. The largest absolute Gasteiger partial charge is 0.461 e. The molecule has 0 unspecified atom stereocenters. The third kappa shape index (κ3) is 3.19. The summed E-state index contributed by atoms with van der Waals surface area (Å²) in [5.74, 6) is -0.477. The first-order valence-corrected chi connectivity index (χ1v) is 8.44. The van der Waals surface area contributed by atoms with Crippen LogP contribution in [0.25, 0.3) is 21.8 Å². The summed E-state index contributed by atoms with van der Waals surface area (Å²) in [5.41, 5.74) is 3.71. The van der Waals surface area contributed by atoms with Crippen LogP contribution in [0.2, 0.25) is 5.02 Å². The Kier molecular flexibility index (Phi) is 5.06. The molecule has 0 fully saturated rings. The van der Waals surface area contributed by atoms with Gasteiger partial charge in [-0.05, 0) is 31.5 Å². The van der Waals surface area contributed by atoms with E-state index >= 15 is 0 Å². The zero-order valence-electron chi connectivity index (χ0n) is 14.4. The number of halogens is 1. The molecular weight excluding hydrogens is 350 g/mol. The van der Waals surface area contributed by atoms with E-state index in [9.17, 15) is 4.79 Å². The molecule has 0 saturated carbocycles. The van der Waals surface area contributed by atoms with E-state index in [1.807, 2.05) is 37.3 Å². The number of carbonyl (C=O) groups excluding carboxylic acids is 1. The van der Waals surface area contributed by atoms with Gasteiger partial charge in [0.15, 0.2) is 11.4 Å². The highest BCUT2D eigenvalue weighted by atomic mass is 35.5. The average molecular weight is 366 g/mol. The molecule has 0 aliphatic heterocycles. The number of para-hydroxylation sites is 1. The van der Waals surface area contributed by atoms with Gasteiger partial charge in [0.2, 0.25) is 0 Å². The lowest BCUT2D eigenvalue weighted by molar-refractivity contribution is 0.0518. The monoisotopic (exact) mass is 365 g/mol. The van der Waals surface area contributed by atoms with Gasteiger partial charge in [-0.15, -0.1) is 0 Å². The Bertz CT molecular complexity index is 1000. The first kappa shape index (κ1) is 17.7. The fourth-order valence-corrected chi connectivity index (χ4v) is 2.94. The highest BCUT2D eigenvalue weighted by Gasteiger charge is 2.23. The number of nitrogens with zero attached hydrogens (tertiary/aromatic N) is 3. The average Bonchev–Trinajstić information content (AvgIpc) is 2.99. The van der Waals surface area contributed by atoms with Crippen molar-refractivity contribution in [2.75, 3.05) is 6.61 Å². The Morgan fingerprint density at radius 2 is 1.92 bits per heavy atom. The molecule has 1 heterocycles. The van der Waals surface area contributed by atoms with E-state index in [-0.39, 0.29) is 12.3 Å². The molecule has 0 bridgehead atoms. The zero-order chi connectivity index (χ0) is 18.7. The summed E-state index contributed by atoms with van der Waals surface area (Å²) in [6, 6.07) is 14.4. The van der Waals surface area contributed by atoms with E-state index in [4.69, 9.17) is 22.9 Å². The molecule has 3 rings (SSSR count). The van der Waals surface area contributed by atoms with Crippen molar-refractivity contribution in [3.8, 4) is 16.9 Å². The number of rotatable bonds is 4. The molecule has 0 atom stereocenters. The number of carbonyl (C=O) groups is 1. The third-order valence-corrected chi connectivity index (χ3v) is 4.26. The van der Waals surface area contributed by atoms with Gasteiger partial charge in [-0.25, -0.2) is 14.3 Å². The van der Waals surface area contributed by atoms with Crippen LogP contribution in [0.3, 0.4) is 0 Å². The van der Waals surface area contributed by atoms with Crippen molar-refractivity contribution < 1.29 is 9.53 Å². The van der Waals surface area contributed by atoms with Gasteiger partial charge in [0.05, 0.1) is 29.6 Å². The SMILES string of the molecule is [C-]#[N+]c1ccc(-c2c(C)c(C(=O)OCC)nn2-c2ccccc2Cl)cc1. The van der Waals surface area contributed by atoms with Gasteiger partial charge >= 0.3 is 5.97 Å². The Morgan fingerprint density at radius 1 is 1.23 bits per heavy atom. The Hall–Kier alpha value is -3.10. The molecule has 3 aromatic rings. The van der Waals surface area contributed by atoms with Gasteiger partial charge < -0.3 is 4.74 Å². The Balaban J connectivity index is 2.25. The smallest absolute Gasteiger partial charge is 0.359 e. The fourth-order valence-electron chi connectivity index (χ4n) is 2.72. The first-order valence-electron chi connectivity index (χ1n) is 8.06. The first-order chi connectivity index (χ1) is 12.6. The van der Waals surface area contributed by atoms with Crippen molar-refractivity contribution in [3.05, 3.63) is 76.2 Å². The lowest BCUT2D eigenvalue weighted by Crippen LogP contribution is -2.07. The van der Waals surface area contributed by atoms with Crippen LogP contribution in [-0.2, 0) is 4.74 Å². The van der Waals surface area contributed by atoms with Crippen LogP contribution >= 0.6 is 11.6 Å². The van der Waals surface area contributed by atoms with Gasteiger partial charge in [0.25, 0.3) is 0 Å². The summed E-state index contributed by atoms with van der Waals surface area (Å²) in [6.07, 6.45) is 0. The molecule has 6 heteroatoms. The highest BCUT2D eigenvalue weighted by Crippen LogP contribution is 2.32. The maximum atomic E-state index is 12.3. The number of ether oxygens (including phenoxy) is 1. The normalized spacial score (nSPS) is 10.4. The van der Waals surface area contributed by atoms with Crippen LogP contribution in [0, 0.1) is 13.5 Å². The van der Waals surface area contributed by atoms with E-state index in [0.717, 1.165) is 11.3 Å². The number of hydrogen-bond donors (Lipinski definition) is 0. The second kappa shape index (κ2) is 7.42. The van der Waals surface area contributed by atoms with Gasteiger partial charge in [-0.3, -0.25) is 0 Å². The second-order valence-electron chi connectivity index (χ2n) is 5.56. The van der Waals surface area contributed by atoms with Crippen LogP contribution in [0.5, 0.6) is 0 Å².